The number of unbranched alkanes of at least 4 members (excludes halogenated alkanes) is 1. The molecule has 0 radical (unpaired) electrons. The first kappa shape index (κ1) is 47.2. The van der Waals surface area contributed by atoms with Crippen molar-refractivity contribution in [1.29, 1.82) is 0 Å². The molecule has 1 aromatic heterocycles. The summed E-state index contributed by atoms with van der Waals surface area (Å²) in [4.78, 5) is 91.8. The number of hydrogen-bond acceptors (Lipinski definition) is 12. The Kier molecular flexibility index (Phi) is 17.2. The Hall–Kier alpha value is -6.33. The number of nitrogens with one attached hydrogen (secondary N) is 2. The van der Waals surface area contributed by atoms with Crippen LogP contribution in [0.2, 0.25) is 0 Å². The Morgan fingerprint density at radius 1 is 0.891 bits per heavy atom. The molecule has 0 saturated carbocycles. The number of ketones is 1. The van der Waals surface area contributed by atoms with Crippen molar-refractivity contribution >= 4 is 46.8 Å². The van der Waals surface area contributed by atoms with Gasteiger partial charge in [0.1, 0.15) is 36.4 Å². The number of aromatic nitrogens is 1. The van der Waals surface area contributed by atoms with Crippen LogP contribution in [-0.2, 0) is 41.6 Å². The number of oxazole rings is 1. The molecule has 5 amide bonds. The lowest BCUT2D eigenvalue weighted by Gasteiger charge is -2.29. The molecule has 2 aliphatic rings. The number of nitrogens with two attached hydrogens (primary N) is 1. The fraction of sp³-hybridized carbons (Fsp3) is 0.468. The molecule has 17 heteroatoms. The number of fused-ring (bicyclic) bond motifs is 1. The third-order valence-electron chi connectivity index (χ3n) is 11.5. The van der Waals surface area contributed by atoms with Gasteiger partial charge in [-0.2, -0.15) is 0 Å². The molecule has 17 nitrogen and oxygen atoms in total. The van der Waals surface area contributed by atoms with Crippen LogP contribution in [0.5, 0.6) is 0 Å². The number of ether oxygens (including phenoxy) is 3. The minimum atomic E-state index is -1.22. The van der Waals surface area contributed by atoms with Crippen molar-refractivity contribution in [2.24, 2.45) is 5.73 Å². The SMILES string of the molecule is CCN(CCN(C)C(=O)C1CCCO1)C(=O)O[C@@H]1C[C@@H](C(=O)N[C@@H](CCCCN)C(=O)c2nc3ccccc3o2)N(C(=O)[C@@H](CCc2ccccc2)NC(=O)OCc2ccccc2)C1. The van der Waals surface area contributed by atoms with Crippen LogP contribution in [0, 0.1) is 0 Å². The fourth-order valence-electron chi connectivity index (χ4n) is 7.85. The lowest BCUT2D eigenvalue weighted by molar-refractivity contribution is -0.140. The van der Waals surface area contributed by atoms with E-state index >= 15 is 0 Å². The van der Waals surface area contributed by atoms with Gasteiger partial charge in [-0.25, -0.2) is 14.6 Å². The first-order valence-corrected chi connectivity index (χ1v) is 22.1. The number of alkyl carbamates (subject to hydrolysis) is 1. The van der Waals surface area contributed by atoms with Gasteiger partial charge in [-0.15, -0.1) is 0 Å². The monoisotopic (exact) mass is 881 g/mol. The molecule has 4 aromatic rings. The number of benzene rings is 3. The lowest BCUT2D eigenvalue weighted by atomic mass is 10.0. The molecule has 5 atom stereocenters. The molecule has 64 heavy (non-hydrogen) atoms. The highest BCUT2D eigenvalue weighted by molar-refractivity contribution is 6.01. The Morgan fingerprint density at radius 2 is 1.61 bits per heavy atom. The van der Waals surface area contributed by atoms with Crippen LogP contribution < -0.4 is 16.4 Å². The molecule has 1 unspecified atom stereocenters. The largest absolute Gasteiger partial charge is 0.445 e. The second-order valence-corrected chi connectivity index (χ2v) is 16.1. The number of rotatable bonds is 21. The highest BCUT2D eigenvalue weighted by atomic mass is 16.6. The number of para-hydroxylation sites is 2. The van der Waals surface area contributed by atoms with Gasteiger partial charge in [0.05, 0.1) is 12.6 Å². The molecule has 3 aromatic carbocycles. The van der Waals surface area contributed by atoms with E-state index in [1.807, 2.05) is 48.5 Å². The Morgan fingerprint density at radius 3 is 2.30 bits per heavy atom. The van der Waals surface area contributed by atoms with E-state index in [2.05, 4.69) is 15.6 Å². The van der Waals surface area contributed by atoms with E-state index in [-0.39, 0.29) is 63.8 Å². The predicted molar refractivity (Wildman–Crippen MR) is 236 cm³/mol. The first-order valence-electron chi connectivity index (χ1n) is 22.1. The molecular weight excluding hydrogens is 823 g/mol. The summed E-state index contributed by atoms with van der Waals surface area (Å²) in [5.41, 5.74) is 8.35. The van der Waals surface area contributed by atoms with Gasteiger partial charge in [-0.1, -0.05) is 72.8 Å². The van der Waals surface area contributed by atoms with Crippen molar-refractivity contribution in [2.45, 2.75) is 95.2 Å². The summed E-state index contributed by atoms with van der Waals surface area (Å²) in [6.07, 6.45) is 0.230. The molecule has 0 spiro atoms. The number of Topliss-reactive ketones (excluding diaryl/α,β-unsaturated/α-hetero) is 1. The van der Waals surface area contributed by atoms with Gasteiger partial charge in [0, 0.05) is 39.7 Å². The zero-order valence-electron chi connectivity index (χ0n) is 36.5. The number of carbonyl (C=O) groups is 6. The number of aryl methyl sites for hydroxylation is 1. The maximum Gasteiger partial charge on any atom is 0.410 e. The standard InChI is InChI=1S/C47H59N7O10/c1-3-53(27-26-52(2)45(58)40-22-14-28-61-40)47(60)63-34-29-38(42(56)49-36(20-12-13-25-48)41(55)43-50-35-19-10-11-21-39(35)64-43)54(30-34)44(57)37(24-23-32-15-6-4-7-16-32)51-46(59)62-31-33-17-8-5-9-18-33/h4-11,15-19,21,34,36-38,40H,3,12-14,20,22-31,48H2,1-2H3,(H,49,56)(H,51,59)/t34-,36+,37-,38+,40?/m1/s1. The maximum atomic E-state index is 14.8. The molecule has 2 fully saturated rings. The van der Waals surface area contributed by atoms with Crippen LogP contribution in [-0.4, -0.2) is 132 Å². The molecule has 342 valence electrons. The van der Waals surface area contributed by atoms with Gasteiger partial charge >= 0.3 is 12.2 Å². The summed E-state index contributed by atoms with van der Waals surface area (Å²) in [5, 5.41) is 5.59. The van der Waals surface area contributed by atoms with Gasteiger partial charge in [-0.05, 0) is 81.7 Å². The summed E-state index contributed by atoms with van der Waals surface area (Å²) < 4.78 is 22.8. The van der Waals surface area contributed by atoms with E-state index in [9.17, 15) is 28.8 Å². The molecule has 3 heterocycles. The van der Waals surface area contributed by atoms with Gasteiger partial charge < -0.3 is 49.7 Å². The Balaban J connectivity index is 1.22. The fourth-order valence-corrected chi connectivity index (χ4v) is 7.85. The molecule has 2 saturated heterocycles. The zero-order chi connectivity index (χ0) is 45.4. The van der Waals surface area contributed by atoms with Crippen molar-refractivity contribution in [3.8, 4) is 0 Å². The predicted octanol–water partition coefficient (Wildman–Crippen LogP) is 4.62. The molecule has 2 aliphatic heterocycles. The van der Waals surface area contributed by atoms with Crippen LogP contribution in [0.15, 0.2) is 89.3 Å². The highest BCUT2D eigenvalue weighted by Crippen LogP contribution is 2.25. The van der Waals surface area contributed by atoms with E-state index in [0.29, 0.717) is 49.9 Å². The number of nitrogens with zero attached hydrogens (tertiary/aromatic N) is 4. The second-order valence-electron chi connectivity index (χ2n) is 16.1. The van der Waals surface area contributed by atoms with E-state index in [0.717, 1.165) is 17.5 Å². The molecular formula is C47H59N7O10. The maximum absolute atomic E-state index is 14.8. The normalized spacial score (nSPS) is 17.9. The topological polar surface area (TPSA) is 216 Å². The highest BCUT2D eigenvalue weighted by Gasteiger charge is 2.45. The molecule has 0 bridgehead atoms. The van der Waals surface area contributed by atoms with Crippen molar-refractivity contribution in [1.82, 2.24) is 30.3 Å². The zero-order valence-corrected chi connectivity index (χ0v) is 36.5. The van der Waals surface area contributed by atoms with Crippen molar-refractivity contribution in [3.05, 3.63) is 102 Å². The minimum Gasteiger partial charge on any atom is -0.445 e. The van der Waals surface area contributed by atoms with Gasteiger partial charge in [0.2, 0.25) is 17.6 Å². The summed E-state index contributed by atoms with van der Waals surface area (Å²) in [6, 6.07) is 22.0. The molecule has 0 aliphatic carbocycles. The summed E-state index contributed by atoms with van der Waals surface area (Å²) in [6.45, 7) is 3.13. The van der Waals surface area contributed by atoms with E-state index in [1.54, 1.807) is 50.4 Å². The third-order valence-corrected chi connectivity index (χ3v) is 11.5. The van der Waals surface area contributed by atoms with Crippen molar-refractivity contribution in [3.63, 3.8) is 0 Å². The van der Waals surface area contributed by atoms with Crippen LogP contribution in [0.3, 0.4) is 0 Å². The van der Waals surface area contributed by atoms with Crippen LogP contribution >= 0.6 is 0 Å². The molecule has 6 rings (SSSR count). The lowest BCUT2D eigenvalue weighted by Crippen LogP contribution is -2.55. The van der Waals surface area contributed by atoms with Crippen LogP contribution in [0.1, 0.15) is 73.7 Å². The van der Waals surface area contributed by atoms with Crippen LogP contribution in [0.4, 0.5) is 9.59 Å². The number of carbonyl (C=O) groups excluding carboxylic acids is 6. The van der Waals surface area contributed by atoms with E-state index < -0.39 is 60.1 Å². The Labute approximate surface area is 372 Å². The average molecular weight is 882 g/mol. The van der Waals surface area contributed by atoms with Gasteiger partial charge in [-0.3, -0.25) is 19.2 Å². The number of amides is 5. The third kappa shape index (κ3) is 12.9. The summed E-state index contributed by atoms with van der Waals surface area (Å²) >= 11 is 0. The van der Waals surface area contributed by atoms with E-state index in [1.165, 1.54) is 14.7 Å². The smallest absolute Gasteiger partial charge is 0.410 e. The summed E-state index contributed by atoms with van der Waals surface area (Å²) in [7, 11) is 1.66. The first-order chi connectivity index (χ1) is 31.0. The number of likely N-dealkylation sites (tertiary alicyclic amines) is 1. The quantitative estimate of drug-likeness (QED) is 0.0773. The molecule has 4 N–H and O–H groups in total. The van der Waals surface area contributed by atoms with Crippen LogP contribution in [0.25, 0.3) is 11.1 Å². The average Bonchev–Trinajstić information content (AvgIpc) is 4.11. The van der Waals surface area contributed by atoms with Crippen molar-refractivity contribution < 1.29 is 47.4 Å². The summed E-state index contributed by atoms with van der Waals surface area (Å²) in [5.74, 6) is -2.14. The Bertz CT molecular complexity index is 2150. The van der Waals surface area contributed by atoms with E-state index in [4.69, 9.17) is 24.4 Å². The van der Waals surface area contributed by atoms with Gasteiger partial charge in [0.25, 0.3) is 11.8 Å². The number of hydrogen-bond donors (Lipinski definition) is 3. The minimum absolute atomic E-state index is 0.0368. The number of likely N-dealkylation sites (N-methyl/N-ethyl adjacent to an activating group) is 2. The van der Waals surface area contributed by atoms with Gasteiger partial charge in [0.15, 0.2) is 5.58 Å². The second kappa shape index (κ2) is 23.4. The van der Waals surface area contributed by atoms with Crippen molar-refractivity contribution in [2.75, 3.05) is 46.4 Å².